The van der Waals surface area contributed by atoms with Crippen molar-refractivity contribution in [1.29, 1.82) is 5.26 Å². The van der Waals surface area contributed by atoms with Crippen molar-refractivity contribution in [3.8, 4) is 6.07 Å². The highest BCUT2D eigenvalue weighted by molar-refractivity contribution is 8.68. The molecule has 1 amide bonds. The number of anilines is 1. The van der Waals surface area contributed by atoms with Gasteiger partial charge in [0.2, 0.25) is 0 Å². The van der Waals surface area contributed by atoms with E-state index in [0.29, 0.717) is 16.1 Å². The first-order valence-electron chi connectivity index (χ1n) is 3.92. The van der Waals surface area contributed by atoms with Gasteiger partial charge in [0.25, 0.3) is 0 Å². The number of hydrogen-bond acceptors (Lipinski definition) is 5. The average molecular weight is 240 g/mol. The number of para-hydroxylation sites is 1. The van der Waals surface area contributed by atoms with E-state index >= 15 is 0 Å². The summed E-state index contributed by atoms with van der Waals surface area (Å²) in [5, 5.41) is 11.3. The molecule has 1 aromatic carbocycles. The van der Waals surface area contributed by atoms with E-state index in [4.69, 9.17) is 5.26 Å². The maximum Gasteiger partial charge on any atom is 0.411 e. The number of nitrogens with one attached hydrogen (secondary N) is 1. The van der Waals surface area contributed by atoms with Gasteiger partial charge in [-0.2, -0.15) is 5.26 Å². The van der Waals surface area contributed by atoms with Crippen molar-refractivity contribution in [3.05, 3.63) is 23.8 Å². The minimum atomic E-state index is -0.610. The van der Waals surface area contributed by atoms with Crippen molar-refractivity contribution in [2.75, 3.05) is 12.4 Å². The molecule has 0 aliphatic carbocycles. The Morgan fingerprint density at radius 1 is 1.67 bits per heavy atom. The first-order valence-corrected chi connectivity index (χ1v) is 5.79. The van der Waals surface area contributed by atoms with Gasteiger partial charge in [0.15, 0.2) is 0 Å². The first-order chi connectivity index (χ1) is 7.22. The van der Waals surface area contributed by atoms with Gasteiger partial charge in [-0.3, -0.25) is 5.32 Å². The molecule has 78 valence electrons. The van der Waals surface area contributed by atoms with Gasteiger partial charge in [0.1, 0.15) is 6.07 Å². The highest BCUT2D eigenvalue weighted by atomic mass is 33.1. The molecule has 1 N–H and O–H groups in total. The third-order valence-electron chi connectivity index (χ3n) is 1.66. The Bertz CT molecular complexity index is 415. The Morgan fingerprint density at radius 3 is 2.93 bits per heavy atom. The van der Waals surface area contributed by atoms with Gasteiger partial charge in [-0.15, -0.1) is 11.7 Å². The van der Waals surface area contributed by atoms with Crippen LogP contribution in [0.3, 0.4) is 0 Å². The normalized spacial score (nSPS) is 9.13. The van der Waals surface area contributed by atoms with E-state index in [9.17, 15) is 4.79 Å². The van der Waals surface area contributed by atoms with Crippen LogP contribution in [0.4, 0.5) is 10.5 Å². The zero-order chi connectivity index (χ0) is 11.3. The predicted molar refractivity (Wildman–Crippen MR) is 62.0 cm³/mol. The van der Waals surface area contributed by atoms with E-state index in [1.807, 2.05) is 6.07 Å². The Kier molecular flexibility index (Phi) is 4.34. The molecule has 0 unspecified atom stereocenters. The minimum Gasteiger partial charge on any atom is -0.453 e. The molecule has 0 fully saturated rings. The van der Waals surface area contributed by atoms with Gasteiger partial charge < -0.3 is 4.74 Å². The zero-order valence-corrected chi connectivity index (χ0v) is 9.56. The van der Waals surface area contributed by atoms with Crippen molar-refractivity contribution in [2.45, 2.75) is 4.90 Å². The van der Waals surface area contributed by atoms with Crippen molar-refractivity contribution >= 4 is 34.2 Å². The van der Waals surface area contributed by atoms with Gasteiger partial charge in [0.05, 0.1) is 18.4 Å². The Morgan fingerprint density at radius 2 is 2.40 bits per heavy atom. The molecular formula is C9H8N2O2S2. The SMILES string of the molecule is COC(=O)Nc1c(C#N)cccc1SS. The summed E-state index contributed by atoms with van der Waals surface area (Å²) in [6.07, 6.45) is -0.610. The first kappa shape index (κ1) is 11.8. The van der Waals surface area contributed by atoms with Crippen LogP contribution in [0.1, 0.15) is 5.56 Å². The summed E-state index contributed by atoms with van der Waals surface area (Å²) in [6.45, 7) is 0. The molecule has 0 saturated heterocycles. The van der Waals surface area contributed by atoms with Gasteiger partial charge in [-0.25, -0.2) is 4.79 Å². The molecule has 4 nitrogen and oxygen atoms in total. The van der Waals surface area contributed by atoms with E-state index in [2.05, 4.69) is 21.7 Å². The Balaban J connectivity index is 3.12. The highest BCUT2D eigenvalue weighted by Crippen LogP contribution is 2.32. The lowest BCUT2D eigenvalue weighted by Gasteiger charge is -2.09. The van der Waals surface area contributed by atoms with E-state index in [1.165, 1.54) is 7.11 Å². The van der Waals surface area contributed by atoms with Crippen LogP contribution in [0.15, 0.2) is 23.1 Å². The number of benzene rings is 1. The number of hydrogen-bond donors (Lipinski definition) is 2. The molecule has 1 rings (SSSR count). The van der Waals surface area contributed by atoms with E-state index in [0.717, 1.165) is 10.8 Å². The topological polar surface area (TPSA) is 62.1 Å². The monoisotopic (exact) mass is 240 g/mol. The van der Waals surface area contributed by atoms with Crippen LogP contribution in [0.5, 0.6) is 0 Å². The van der Waals surface area contributed by atoms with Gasteiger partial charge >= 0.3 is 6.09 Å². The Labute approximate surface area is 96.4 Å². The maximum atomic E-state index is 11.0. The third-order valence-corrected chi connectivity index (χ3v) is 2.78. The van der Waals surface area contributed by atoms with Crippen LogP contribution >= 0.6 is 22.5 Å². The number of ether oxygens (including phenoxy) is 1. The largest absolute Gasteiger partial charge is 0.453 e. The number of rotatable bonds is 2. The molecule has 0 aromatic heterocycles. The summed E-state index contributed by atoms with van der Waals surface area (Å²) in [4.78, 5) is 11.7. The number of carbonyl (C=O) groups is 1. The van der Waals surface area contributed by atoms with Gasteiger partial charge in [-0.1, -0.05) is 16.9 Å². The highest BCUT2D eigenvalue weighted by Gasteiger charge is 2.10. The molecule has 0 bridgehead atoms. The zero-order valence-electron chi connectivity index (χ0n) is 7.85. The molecule has 0 heterocycles. The summed E-state index contributed by atoms with van der Waals surface area (Å²) in [7, 11) is 2.41. The number of methoxy groups -OCH3 is 1. The standard InChI is InChI=1S/C9H8N2O2S2/c1-13-9(12)11-8-6(5-10)3-2-4-7(8)15-14/h2-4,14H,1H3,(H,11,12). The van der Waals surface area contributed by atoms with Crippen molar-refractivity contribution in [2.24, 2.45) is 0 Å². The molecular weight excluding hydrogens is 232 g/mol. The minimum absolute atomic E-state index is 0.374. The number of nitriles is 1. The molecule has 1 aromatic rings. The second-order valence-electron chi connectivity index (χ2n) is 2.50. The smallest absolute Gasteiger partial charge is 0.411 e. The van der Waals surface area contributed by atoms with Crippen molar-refractivity contribution < 1.29 is 9.53 Å². The van der Waals surface area contributed by atoms with E-state index in [-0.39, 0.29) is 0 Å². The van der Waals surface area contributed by atoms with Crippen LogP contribution in [-0.4, -0.2) is 13.2 Å². The maximum absolute atomic E-state index is 11.0. The summed E-state index contributed by atoms with van der Waals surface area (Å²) in [6, 6.07) is 7.07. The molecule has 0 spiro atoms. The van der Waals surface area contributed by atoms with Crippen LogP contribution in [0.25, 0.3) is 0 Å². The summed E-state index contributed by atoms with van der Waals surface area (Å²) >= 11 is 4.03. The lowest BCUT2D eigenvalue weighted by molar-refractivity contribution is 0.187. The number of amides is 1. The molecule has 0 aliphatic rings. The van der Waals surface area contributed by atoms with Gasteiger partial charge in [0, 0.05) is 4.90 Å². The molecule has 0 aliphatic heterocycles. The Hall–Kier alpha value is -1.32. The van der Waals surface area contributed by atoms with Crippen molar-refractivity contribution in [3.63, 3.8) is 0 Å². The summed E-state index contributed by atoms with van der Waals surface area (Å²) in [5.74, 6) is 0. The second kappa shape index (κ2) is 5.53. The average Bonchev–Trinajstić information content (AvgIpc) is 2.29. The third kappa shape index (κ3) is 2.81. The molecule has 6 heteroatoms. The number of nitrogens with zero attached hydrogens (tertiary/aromatic N) is 1. The van der Waals surface area contributed by atoms with E-state index < -0.39 is 6.09 Å². The van der Waals surface area contributed by atoms with E-state index in [1.54, 1.807) is 18.2 Å². The van der Waals surface area contributed by atoms with Crippen molar-refractivity contribution in [1.82, 2.24) is 0 Å². The molecule has 0 saturated carbocycles. The van der Waals surface area contributed by atoms with Crippen LogP contribution < -0.4 is 5.32 Å². The summed E-state index contributed by atoms with van der Waals surface area (Å²) < 4.78 is 4.46. The fraction of sp³-hybridized carbons (Fsp3) is 0.111. The summed E-state index contributed by atoms with van der Waals surface area (Å²) in [5.41, 5.74) is 0.798. The molecule has 0 atom stereocenters. The van der Waals surface area contributed by atoms with Gasteiger partial charge in [-0.05, 0) is 12.1 Å². The fourth-order valence-corrected chi connectivity index (χ4v) is 1.83. The fourth-order valence-electron chi connectivity index (χ4n) is 0.982. The second-order valence-corrected chi connectivity index (χ2v) is 3.67. The number of thiol groups is 1. The molecule has 0 radical (unpaired) electrons. The van der Waals surface area contributed by atoms with Crippen LogP contribution in [-0.2, 0) is 4.74 Å². The molecule has 15 heavy (non-hydrogen) atoms. The van der Waals surface area contributed by atoms with Crippen LogP contribution in [0.2, 0.25) is 0 Å². The quantitative estimate of drug-likeness (QED) is 0.616. The predicted octanol–water partition coefficient (Wildman–Crippen LogP) is 2.67. The lowest BCUT2D eigenvalue weighted by Crippen LogP contribution is -2.12. The number of carbonyl (C=O) groups excluding carboxylic acids is 1. The lowest BCUT2D eigenvalue weighted by atomic mass is 10.2. The van der Waals surface area contributed by atoms with Crippen LogP contribution in [0, 0.1) is 11.3 Å².